The van der Waals surface area contributed by atoms with Crippen LogP contribution in [0, 0.1) is 0 Å². The van der Waals surface area contributed by atoms with E-state index in [1.165, 1.54) is 11.1 Å². The number of aryl methyl sites for hydroxylation is 2. The van der Waals surface area contributed by atoms with Crippen molar-refractivity contribution in [2.45, 2.75) is 39.7 Å². The lowest BCUT2D eigenvalue weighted by Crippen LogP contribution is -2.29. The van der Waals surface area contributed by atoms with E-state index in [1.54, 1.807) is 6.08 Å². The maximum atomic E-state index is 11.8. The Labute approximate surface area is 115 Å². The maximum Gasteiger partial charge on any atom is 0.328 e. The number of rotatable bonds is 7. The van der Waals surface area contributed by atoms with Crippen LogP contribution in [0.25, 0.3) is 0 Å². The molecule has 0 amide bonds. The van der Waals surface area contributed by atoms with Crippen LogP contribution in [0.2, 0.25) is 0 Å². The number of para-hydroxylation sites is 1. The standard InChI is InChI=1S/C16H23NO2/c1-5-11-19-16(18)12(4)17-15-13(6-2)9-8-10-14(15)7-3/h5,8-10,12,17H,1,6-7,11H2,2-4H3. The van der Waals surface area contributed by atoms with E-state index in [0.717, 1.165) is 18.5 Å². The number of carbonyl (C=O) groups is 1. The lowest BCUT2D eigenvalue weighted by molar-refractivity contribution is -0.142. The molecule has 1 aromatic carbocycles. The zero-order valence-corrected chi connectivity index (χ0v) is 12.0. The lowest BCUT2D eigenvalue weighted by Gasteiger charge is -2.19. The number of ether oxygens (including phenoxy) is 1. The summed E-state index contributed by atoms with van der Waals surface area (Å²) in [7, 11) is 0. The van der Waals surface area contributed by atoms with Crippen LogP contribution in [0.3, 0.4) is 0 Å². The highest BCUT2D eigenvalue weighted by atomic mass is 16.5. The van der Waals surface area contributed by atoms with Gasteiger partial charge in [-0.2, -0.15) is 0 Å². The van der Waals surface area contributed by atoms with Gasteiger partial charge in [-0.15, -0.1) is 0 Å². The topological polar surface area (TPSA) is 38.3 Å². The van der Waals surface area contributed by atoms with E-state index in [1.807, 2.05) is 6.92 Å². The van der Waals surface area contributed by atoms with E-state index in [0.29, 0.717) is 0 Å². The van der Waals surface area contributed by atoms with Crippen LogP contribution in [0.4, 0.5) is 5.69 Å². The normalized spacial score (nSPS) is 11.7. The second kappa shape index (κ2) is 7.62. The Morgan fingerprint density at radius 1 is 1.37 bits per heavy atom. The molecule has 0 spiro atoms. The highest BCUT2D eigenvalue weighted by Gasteiger charge is 2.16. The van der Waals surface area contributed by atoms with E-state index in [-0.39, 0.29) is 18.6 Å². The van der Waals surface area contributed by atoms with Crippen molar-refractivity contribution in [1.29, 1.82) is 0 Å². The molecule has 0 aromatic heterocycles. The summed E-state index contributed by atoms with van der Waals surface area (Å²) in [6, 6.07) is 5.87. The van der Waals surface area contributed by atoms with Gasteiger partial charge in [0.1, 0.15) is 12.6 Å². The van der Waals surface area contributed by atoms with Gasteiger partial charge in [0.05, 0.1) is 0 Å². The molecular formula is C16H23NO2. The smallest absolute Gasteiger partial charge is 0.328 e. The minimum absolute atomic E-state index is 0.251. The molecule has 1 N–H and O–H groups in total. The Hall–Kier alpha value is -1.77. The van der Waals surface area contributed by atoms with Gasteiger partial charge in [-0.1, -0.05) is 44.7 Å². The van der Waals surface area contributed by atoms with Crippen LogP contribution in [-0.4, -0.2) is 18.6 Å². The molecule has 0 aliphatic rings. The first-order chi connectivity index (χ1) is 9.13. The summed E-state index contributed by atoms with van der Waals surface area (Å²) in [5.41, 5.74) is 3.51. The minimum Gasteiger partial charge on any atom is -0.460 e. The van der Waals surface area contributed by atoms with Crippen molar-refractivity contribution in [2.24, 2.45) is 0 Å². The van der Waals surface area contributed by atoms with Gasteiger partial charge in [0, 0.05) is 5.69 Å². The lowest BCUT2D eigenvalue weighted by atomic mass is 10.0. The first-order valence-electron chi connectivity index (χ1n) is 6.78. The van der Waals surface area contributed by atoms with Crippen LogP contribution < -0.4 is 5.32 Å². The molecule has 3 nitrogen and oxygen atoms in total. The van der Waals surface area contributed by atoms with Gasteiger partial charge < -0.3 is 10.1 Å². The number of hydrogen-bond donors (Lipinski definition) is 1. The highest BCUT2D eigenvalue weighted by Crippen LogP contribution is 2.23. The summed E-state index contributed by atoms with van der Waals surface area (Å²) in [4.78, 5) is 11.8. The molecule has 1 rings (SSSR count). The largest absolute Gasteiger partial charge is 0.460 e. The fourth-order valence-corrected chi connectivity index (χ4v) is 1.97. The summed E-state index contributed by atoms with van der Waals surface area (Å²) in [5.74, 6) is -0.257. The Morgan fingerprint density at radius 2 is 1.95 bits per heavy atom. The number of esters is 1. The third-order valence-electron chi connectivity index (χ3n) is 3.06. The first-order valence-corrected chi connectivity index (χ1v) is 6.78. The molecule has 1 unspecified atom stereocenters. The molecule has 1 aromatic rings. The number of carbonyl (C=O) groups excluding carboxylic acids is 1. The summed E-state index contributed by atoms with van der Waals surface area (Å²) < 4.78 is 5.05. The summed E-state index contributed by atoms with van der Waals surface area (Å²) in [6.45, 7) is 9.82. The molecule has 0 heterocycles. The molecule has 0 saturated heterocycles. The van der Waals surface area contributed by atoms with Gasteiger partial charge in [0.15, 0.2) is 0 Å². The first kappa shape index (κ1) is 15.3. The predicted molar refractivity (Wildman–Crippen MR) is 79.4 cm³/mol. The zero-order chi connectivity index (χ0) is 14.3. The third kappa shape index (κ3) is 4.12. The van der Waals surface area contributed by atoms with Crippen LogP contribution in [0.5, 0.6) is 0 Å². The monoisotopic (exact) mass is 261 g/mol. The summed E-state index contributed by atoms with van der Waals surface area (Å²) >= 11 is 0. The molecule has 1 atom stereocenters. The summed E-state index contributed by atoms with van der Waals surface area (Å²) in [5, 5.41) is 3.28. The summed E-state index contributed by atoms with van der Waals surface area (Å²) in [6.07, 6.45) is 3.44. The van der Waals surface area contributed by atoms with E-state index in [2.05, 4.69) is 43.9 Å². The molecule has 0 aliphatic heterocycles. The Balaban J connectivity index is 2.85. The average Bonchev–Trinajstić information content (AvgIpc) is 2.44. The number of nitrogens with one attached hydrogen (secondary N) is 1. The van der Waals surface area contributed by atoms with Crippen molar-refractivity contribution in [2.75, 3.05) is 11.9 Å². The van der Waals surface area contributed by atoms with E-state index in [4.69, 9.17) is 4.74 Å². The van der Waals surface area contributed by atoms with Gasteiger partial charge in [-0.3, -0.25) is 0 Å². The van der Waals surface area contributed by atoms with E-state index < -0.39 is 0 Å². The predicted octanol–water partition coefficient (Wildman–Crippen LogP) is 3.34. The quantitative estimate of drug-likeness (QED) is 0.604. The van der Waals surface area contributed by atoms with Gasteiger partial charge in [-0.25, -0.2) is 4.79 Å². The molecule has 104 valence electrons. The van der Waals surface area contributed by atoms with Crippen LogP contribution in [0.1, 0.15) is 31.9 Å². The maximum absolute atomic E-state index is 11.8. The molecule has 19 heavy (non-hydrogen) atoms. The van der Waals surface area contributed by atoms with Crippen molar-refractivity contribution < 1.29 is 9.53 Å². The van der Waals surface area contributed by atoms with E-state index in [9.17, 15) is 4.79 Å². The van der Waals surface area contributed by atoms with Gasteiger partial charge in [-0.05, 0) is 30.9 Å². The average molecular weight is 261 g/mol. The molecule has 0 fully saturated rings. The number of hydrogen-bond acceptors (Lipinski definition) is 3. The van der Waals surface area contributed by atoms with Crippen LogP contribution in [0.15, 0.2) is 30.9 Å². The SMILES string of the molecule is C=CCOC(=O)C(C)Nc1c(CC)cccc1CC. The molecule has 3 heteroatoms. The van der Waals surface area contributed by atoms with Gasteiger partial charge in [0.25, 0.3) is 0 Å². The number of benzene rings is 1. The molecule has 0 aliphatic carbocycles. The minimum atomic E-state index is -0.363. The Morgan fingerprint density at radius 3 is 2.42 bits per heavy atom. The van der Waals surface area contributed by atoms with Crippen molar-refractivity contribution in [1.82, 2.24) is 0 Å². The fraction of sp³-hybridized carbons (Fsp3) is 0.438. The van der Waals surface area contributed by atoms with Crippen molar-refractivity contribution in [3.8, 4) is 0 Å². The molecule has 0 radical (unpaired) electrons. The molecular weight excluding hydrogens is 238 g/mol. The number of anilines is 1. The molecule has 0 saturated carbocycles. The highest BCUT2D eigenvalue weighted by molar-refractivity contribution is 5.79. The second-order valence-electron chi connectivity index (χ2n) is 4.44. The van der Waals surface area contributed by atoms with Gasteiger partial charge in [0.2, 0.25) is 0 Å². The second-order valence-corrected chi connectivity index (χ2v) is 4.44. The zero-order valence-electron chi connectivity index (χ0n) is 12.0. The fourth-order valence-electron chi connectivity index (χ4n) is 1.97. The van der Waals surface area contributed by atoms with Crippen molar-refractivity contribution in [3.63, 3.8) is 0 Å². The van der Waals surface area contributed by atoms with Crippen LogP contribution >= 0.6 is 0 Å². The van der Waals surface area contributed by atoms with E-state index >= 15 is 0 Å². The van der Waals surface area contributed by atoms with Crippen molar-refractivity contribution >= 4 is 11.7 Å². The Kier molecular flexibility index (Phi) is 6.13. The van der Waals surface area contributed by atoms with Crippen LogP contribution in [-0.2, 0) is 22.4 Å². The molecule has 0 bridgehead atoms. The Bertz CT molecular complexity index is 418. The third-order valence-corrected chi connectivity index (χ3v) is 3.06. The van der Waals surface area contributed by atoms with Crippen molar-refractivity contribution in [3.05, 3.63) is 42.0 Å². The van der Waals surface area contributed by atoms with Gasteiger partial charge >= 0.3 is 5.97 Å².